The number of benzene rings is 1. The summed E-state index contributed by atoms with van der Waals surface area (Å²) in [5, 5.41) is 2.59. The molecule has 0 spiro atoms. The molecule has 0 aliphatic rings. The second-order valence-electron chi connectivity index (χ2n) is 3.85. The zero-order valence-corrected chi connectivity index (χ0v) is 10.7. The number of carbonyl (C=O) groups excluding carboxylic acids is 1. The van der Waals surface area contributed by atoms with Crippen molar-refractivity contribution in [3.8, 4) is 5.75 Å². The van der Waals surface area contributed by atoms with Crippen LogP contribution in [-0.4, -0.2) is 18.0 Å². The van der Waals surface area contributed by atoms with Gasteiger partial charge in [-0.05, 0) is 24.3 Å². The third-order valence-electron chi connectivity index (χ3n) is 2.54. The molecule has 4 N–H and O–H groups in total. The number of hydrazine groups is 1. The van der Waals surface area contributed by atoms with E-state index in [0.29, 0.717) is 11.5 Å². The Balaban J connectivity index is 2.23. The first-order chi connectivity index (χ1) is 9.63. The number of halogens is 1. The lowest BCUT2D eigenvalue weighted by Gasteiger charge is -2.10. The number of anilines is 2. The minimum Gasteiger partial charge on any atom is -0.494 e. The highest BCUT2D eigenvalue weighted by Gasteiger charge is 2.12. The largest absolute Gasteiger partial charge is 0.494 e. The monoisotopic (exact) mass is 276 g/mol. The molecule has 7 heteroatoms. The molecule has 0 atom stereocenters. The Hall–Kier alpha value is -2.67. The van der Waals surface area contributed by atoms with Gasteiger partial charge in [0.2, 0.25) is 0 Å². The van der Waals surface area contributed by atoms with Gasteiger partial charge >= 0.3 is 0 Å². The molecule has 0 aliphatic heterocycles. The number of nitrogens with two attached hydrogens (primary N) is 1. The summed E-state index contributed by atoms with van der Waals surface area (Å²) in [5.41, 5.74) is 2.88. The van der Waals surface area contributed by atoms with Crippen molar-refractivity contribution < 1.29 is 13.9 Å². The van der Waals surface area contributed by atoms with Crippen LogP contribution in [0.2, 0.25) is 0 Å². The van der Waals surface area contributed by atoms with Crippen molar-refractivity contribution >= 4 is 17.4 Å². The Bertz CT molecular complexity index is 634. The molecule has 0 bridgehead atoms. The Morgan fingerprint density at radius 3 is 2.85 bits per heavy atom. The quantitative estimate of drug-likeness (QED) is 0.585. The summed E-state index contributed by atoms with van der Waals surface area (Å²) in [5.74, 6) is 4.92. The second kappa shape index (κ2) is 5.98. The summed E-state index contributed by atoms with van der Waals surface area (Å²) in [6.45, 7) is 0. The number of hydrogen-bond acceptors (Lipinski definition) is 5. The van der Waals surface area contributed by atoms with Gasteiger partial charge < -0.3 is 15.5 Å². The van der Waals surface area contributed by atoms with Gasteiger partial charge in [0.05, 0.1) is 12.8 Å². The van der Waals surface area contributed by atoms with E-state index in [1.165, 1.54) is 31.4 Å². The number of amides is 1. The van der Waals surface area contributed by atoms with Gasteiger partial charge in [-0.3, -0.25) is 4.79 Å². The molecule has 0 saturated carbocycles. The number of pyridine rings is 1. The summed E-state index contributed by atoms with van der Waals surface area (Å²) < 4.78 is 18.1. The summed E-state index contributed by atoms with van der Waals surface area (Å²) in [4.78, 5) is 16.0. The summed E-state index contributed by atoms with van der Waals surface area (Å²) in [7, 11) is 1.39. The Morgan fingerprint density at radius 2 is 2.15 bits per heavy atom. The van der Waals surface area contributed by atoms with Crippen LogP contribution in [0.15, 0.2) is 36.4 Å². The van der Waals surface area contributed by atoms with Gasteiger partial charge in [-0.15, -0.1) is 0 Å². The molecule has 2 rings (SSSR count). The smallest absolute Gasteiger partial charge is 0.274 e. The predicted molar refractivity (Wildman–Crippen MR) is 73.0 cm³/mol. The van der Waals surface area contributed by atoms with E-state index in [2.05, 4.69) is 15.7 Å². The van der Waals surface area contributed by atoms with Gasteiger partial charge in [-0.25, -0.2) is 15.2 Å². The molecule has 2 aromatic rings. The zero-order chi connectivity index (χ0) is 14.5. The summed E-state index contributed by atoms with van der Waals surface area (Å²) in [6, 6.07) is 8.61. The van der Waals surface area contributed by atoms with Gasteiger partial charge in [0, 0.05) is 6.07 Å². The first kappa shape index (κ1) is 13.8. The molecule has 6 nitrogen and oxygen atoms in total. The normalized spacial score (nSPS) is 9.95. The van der Waals surface area contributed by atoms with Crippen molar-refractivity contribution in [1.29, 1.82) is 0 Å². The highest BCUT2D eigenvalue weighted by Crippen LogP contribution is 2.25. The van der Waals surface area contributed by atoms with Crippen molar-refractivity contribution in [3.63, 3.8) is 0 Å². The maximum Gasteiger partial charge on any atom is 0.274 e. The van der Waals surface area contributed by atoms with E-state index in [1.54, 1.807) is 12.1 Å². The molecule has 0 unspecified atom stereocenters. The van der Waals surface area contributed by atoms with E-state index in [0.717, 1.165) is 0 Å². The Kier molecular flexibility index (Phi) is 4.11. The van der Waals surface area contributed by atoms with E-state index < -0.39 is 11.7 Å². The number of hydrogen-bond donors (Lipinski definition) is 3. The molecule has 20 heavy (non-hydrogen) atoms. The SMILES string of the molecule is COc1cc(F)ccc1NC(=O)c1cccc(NN)n1. The Labute approximate surface area is 114 Å². The standard InChI is InChI=1S/C13H13FN4O2/c1-20-11-7-8(14)5-6-9(11)17-13(19)10-3-2-4-12(16-10)18-15/h2-7H,15H2,1H3,(H,16,18)(H,17,19). The summed E-state index contributed by atoms with van der Waals surface area (Å²) >= 11 is 0. The highest BCUT2D eigenvalue weighted by atomic mass is 19.1. The highest BCUT2D eigenvalue weighted by molar-refractivity contribution is 6.03. The third-order valence-corrected chi connectivity index (χ3v) is 2.54. The number of nitrogens with zero attached hydrogens (tertiary/aromatic N) is 1. The van der Waals surface area contributed by atoms with Crippen LogP contribution in [0.1, 0.15) is 10.5 Å². The fourth-order valence-corrected chi connectivity index (χ4v) is 1.60. The Morgan fingerprint density at radius 1 is 1.35 bits per heavy atom. The van der Waals surface area contributed by atoms with Crippen LogP contribution in [0.5, 0.6) is 5.75 Å². The lowest BCUT2D eigenvalue weighted by atomic mass is 10.2. The van der Waals surface area contributed by atoms with Gasteiger partial charge in [0.15, 0.2) is 0 Å². The van der Waals surface area contributed by atoms with Gasteiger partial charge in [-0.1, -0.05) is 6.07 Å². The van der Waals surface area contributed by atoms with E-state index in [4.69, 9.17) is 10.6 Å². The maximum atomic E-state index is 13.1. The molecule has 0 radical (unpaired) electrons. The number of methoxy groups -OCH3 is 1. The first-order valence-electron chi connectivity index (χ1n) is 5.72. The van der Waals surface area contributed by atoms with Crippen molar-refractivity contribution in [2.45, 2.75) is 0 Å². The molecule has 0 saturated heterocycles. The molecule has 0 aliphatic carbocycles. The number of rotatable bonds is 4. The number of carbonyl (C=O) groups is 1. The van der Waals surface area contributed by atoms with Crippen LogP contribution < -0.4 is 21.3 Å². The molecular formula is C13H13FN4O2. The van der Waals surface area contributed by atoms with Gasteiger partial charge in [-0.2, -0.15) is 0 Å². The average Bonchev–Trinajstić information content (AvgIpc) is 2.49. The van der Waals surface area contributed by atoms with Gasteiger partial charge in [0.1, 0.15) is 23.1 Å². The van der Waals surface area contributed by atoms with Crippen LogP contribution in [0, 0.1) is 5.82 Å². The molecule has 104 valence electrons. The topological polar surface area (TPSA) is 89.3 Å². The number of nitrogen functional groups attached to an aromatic ring is 1. The lowest BCUT2D eigenvalue weighted by molar-refractivity contribution is 0.102. The van der Waals surface area contributed by atoms with Crippen LogP contribution in [-0.2, 0) is 0 Å². The molecule has 1 heterocycles. The lowest BCUT2D eigenvalue weighted by Crippen LogP contribution is -2.16. The van der Waals surface area contributed by atoms with Crippen molar-refractivity contribution in [3.05, 3.63) is 47.9 Å². The second-order valence-corrected chi connectivity index (χ2v) is 3.85. The zero-order valence-electron chi connectivity index (χ0n) is 10.7. The molecule has 1 aromatic carbocycles. The first-order valence-corrected chi connectivity index (χ1v) is 5.72. The number of nitrogens with one attached hydrogen (secondary N) is 2. The summed E-state index contributed by atoms with van der Waals surface area (Å²) in [6.07, 6.45) is 0. The molecule has 0 fully saturated rings. The van der Waals surface area contributed by atoms with Crippen molar-refractivity contribution in [1.82, 2.24) is 4.98 Å². The van der Waals surface area contributed by atoms with Gasteiger partial charge in [0.25, 0.3) is 5.91 Å². The van der Waals surface area contributed by atoms with E-state index in [-0.39, 0.29) is 11.4 Å². The van der Waals surface area contributed by atoms with Crippen LogP contribution >= 0.6 is 0 Å². The van der Waals surface area contributed by atoms with E-state index >= 15 is 0 Å². The maximum absolute atomic E-state index is 13.1. The van der Waals surface area contributed by atoms with E-state index in [1.807, 2.05) is 0 Å². The van der Waals surface area contributed by atoms with Crippen LogP contribution in [0.3, 0.4) is 0 Å². The number of ether oxygens (including phenoxy) is 1. The predicted octanol–water partition coefficient (Wildman–Crippen LogP) is 1.77. The van der Waals surface area contributed by atoms with Crippen molar-refractivity contribution in [2.24, 2.45) is 5.84 Å². The number of aromatic nitrogens is 1. The van der Waals surface area contributed by atoms with Crippen molar-refractivity contribution in [2.75, 3.05) is 17.9 Å². The van der Waals surface area contributed by atoms with Crippen LogP contribution in [0.25, 0.3) is 0 Å². The molecular weight excluding hydrogens is 263 g/mol. The minimum atomic E-state index is -0.452. The van der Waals surface area contributed by atoms with E-state index in [9.17, 15) is 9.18 Å². The minimum absolute atomic E-state index is 0.173. The fourth-order valence-electron chi connectivity index (χ4n) is 1.60. The third kappa shape index (κ3) is 3.01. The average molecular weight is 276 g/mol. The fraction of sp³-hybridized carbons (Fsp3) is 0.0769. The molecule has 1 aromatic heterocycles. The van der Waals surface area contributed by atoms with Crippen LogP contribution in [0.4, 0.5) is 15.9 Å². The molecule has 1 amide bonds.